The van der Waals surface area contributed by atoms with E-state index in [2.05, 4.69) is 33.9 Å². The van der Waals surface area contributed by atoms with Crippen LogP contribution in [-0.2, 0) is 15.1 Å². The molecule has 1 atom stereocenters. The Morgan fingerprint density at radius 2 is 1.51 bits per heavy atom. The summed E-state index contributed by atoms with van der Waals surface area (Å²) in [7, 11) is -0.413. The summed E-state index contributed by atoms with van der Waals surface area (Å²) in [6.07, 6.45) is 0. The number of aliphatic hydroxyl groups is 1. The fraction of sp³-hybridized carbons (Fsp3) is 0.323. The molecule has 1 N–H and O–H groups in total. The van der Waals surface area contributed by atoms with Gasteiger partial charge in [0.25, 0.3) is 0 Å². The van der Waals surface area contributed by atoms with Crippen LogP contribution in [0.3, 0.4) is 0 Å². The van der Waals surface area contributed by atoms with Crippen LogP contribution in [0.15, 0.2) is 78.4 Å². The van der Waals surface area contributed by atoms with Crippen LogP contribution >= 0.6 is 0 Å². The first-order chi connectivity index (χ1) is 17.4. The molecule has 1 aliphatic rings. The quantitative estimate of drug-likeness (QED) is 0.280. The first-order valence-electron chi connectivity index (χ1n) is 12.6. The Morgan fingerprint density at radius 1 is 0.919 bits per heavy atom. The van der Waals surface area contributed by atoms with E-state index in [9.17, 15) is 9.90 Å². The Kier molecular flexibility index (Phi) is 7.10. The van der Waals surface area contributed by atoms with Gasteiger partial charge in [0, 0.05) is 11.1 Å². The van der Waals surface area contributed by atoms with E-state index in [1.807, 2.05) is 48.5 Å². The van der Waals surface area contributed by atoms with Crippen LogP contribution in [-0.4, -0.2) is 33.1 Å². The van der Waals surface area contributed by atoms with E-state index in [1.54, 1.807) is 38.3 Å². The first-order valence-corrected chi connectivity index (χ1v) is 15.5. The minimum absolute atomic E-state index is 0.0739. The lowest BCUT2D eigenvalue weighted by Crippen LogP contribution is -2.43. The molecule has 0 fully saturated rings. The molecule has 0 amide bonds. The van der Waals surface area contributed by atoms with Crippen LogP contribution in [0.25, 0.3) is 5.57 Å². The summed E-state index contributed by atoms with van der Waals surface area (Å²) in [6, 6.07) is 22.5. The predicted octanol–water partition coefficient (Wildman–Crippen LogP) is 6.69. The molecule has 5 nitrogen and oxygen atoms in total. The summed E-state index contributed by atoms with van der Waals surface area (Å²) in [5, 5.41) is 12.4. The predicted molar refractivity (Wildman–Crippen MR) is 149 cm³/mol. The van der Waals surface area contributed by atoms with Crippen LogP contribution < -0.4 is 9.16 Å². The average Bonchev–Trinajstić information content (AvgIpc) is 3.14. The van der Waals surface area contributed by atoms with Crippen molar-refractivity contribution in [1.82, 2.24) is 0 Å². The van der Waals surface area contributed by atoms with Crippen molar-refractivity contribution >= 4 is 19.9 Å². The summed E-state index contributed by atoms with van der Waals surface area (Å²) in [6.45, 7) is 13.0. The van der Waals surface area contributed by atoms with E-state index in [4.69, 9.17) is 13.9 Å². The van der Waals surface area contributed by atoms with Gasteiger partial charge in [-0.05, 0) is 66.0 Å². The fourth-order valence-electron chi connectivity index (χ4n) is 4.49. The number of hydrogen-bond acceptors (Lipinski definition) is 5. The van der Waals surface area contributed by atoms with E-state index in [0.717, 1.165) is 16.9 Å². The highest BCUT2D eigenvalue weighted by molar-refractivity contribution is 6.74. The maximum Gasteiger partial charge on any atom is 0.338 e. The number of esters is 1. The molecule has 0 radical (unpaired) electrons. The highest BCUT2D eigenvalue weighted by Crippen LogP contribution is 2.51. The van der Waals surface area contributed by atoms with Crippen LogP contribution in [0.1, 0.15) is 49.9 Å². The van der Waals surface area contributed by atoms with E-state index >= 15 is 0 Å². The summed E-state index contributed by atoms with van der Waals surface area (Å²) in [5.41, 5.74) is 1.99. The number of rotatable bonds is 7. The molecule has 1 unspecified atom stereocenters. The number of carbonyl (C=O) groups excluding carboxylic acids is 1. The van der Waals surface area contributed by atoms with E-state index < -0.39 is 19.9 Å². The molecule has 6 heteroatoms. The first kappa shape index (κ1) is 26.7. The van der Waals surface area contributed by atoms with Gasteiger partial charge < -0.3 is 19.0 Å². The zero-order valence-electron chi connectivity index (χ0n) is 22.7. The molecule has 194 valence electrons. The Bertz CT molecular complexity index is 1320. The van der Waals surface area contributed by atoms with Crippen molar-refractivity contribution in [2.75, 3.05) is 13.7 Å². The summed E-state index contributed by atoms with van der Waals surface area (Å²) in [4.78, 5) is 13.5. The van der Waals surface area contributed by atoms with Crippen molar-refractivity contribution in [1.29, 1.82) is 0 Å². The highest BCUT2D eigenvalue weighted by Gasteiger charge is 2.49. The fourth-order valence-corrected chi connectivity index (χ4v) is 5.52. The van der Waals surface area contributed by atoms with Gasteiger partial charge in [0.15, 0.2) is 0 Å². The minimum atomic E-state index is -2.01. The summed E-state index contributed by atoms with van der Waals surface area (Å²) >= 11 is 0. The number of fused-ring (bicyclic) bond motifs is 1. The largest absolute Gasteiger partial charge is 0.544 e. The lowest BCUT2D eigenvalue weighted by atomic mass is 9.83. The van der Waals surface area contributed by atoms with Crippen molar-refractivity contribution in [3.8, 4) is 11.5 Å². The Labute approximate surface area is 220 Å². The van der Waals surface area contributed by atoms with Gasteiger partial charge in [-0.3, -0.25) is 0 Å². The second kappa shape index (κ2) is 9.84. The van der Waals surface area contributed by atoms with Gasteiger partial charge in [-0.25, -0.2) is 4.79 Å². The van der Waals surface area contributed by atoms with Gasteiger partial charge >= 0.3 is 5.97 Å². The van der Waals surface area contributed by atoms with Crippen molar-refractivity contribution < 1.29 is 23.8 Å². The number of carbonyl (C=O) groups is 1. The molecule has 3 aromatic carbocycles. The van der Waals surface area contributed by atoms with Crippen LogP contribution in [0.5, 0.6) is 11.5 Å². The SMILES string of the molecule is CCOC(=O)C1=C(c2ccc(O[Si](C)(C)C(C)(C)C)cc2)c2ccccc2C1(O)c1ccc(OC)cc1. The molecule has 37 heavy (non-hydrogen) atoms. The van der Waals surface area contributed by atoms with Crippen LogP contribution in [0, 0.1) is 0 Å². The standard InChI is InChI=1S/C31H36O5Si/c1-8-35-29(32)28-27(21-13-17-24(18-14-21)36-37(6,7)30(2,3)4)25-11-9-10-12-26(25)31(28,33)22-15-19-23(34-5)20-16-22/h9-20,33H,8H2,1-7H3. The number of methoxy groups -OCH3 is 1. The van der Waals surface area contributed by atoms with E-state index in [0.29, 0.717) is 22.4 Å². The number of hydrogen-bond donors (Lipinski definition) is 1. The monoisotopic (exact) mass is 516 g/mol. The van der Waals surface area contributed by atoms with Gasteiger partial charge in [0.1, 0.15) is 17.1 Å². The van der Waals surface area contributed by atoms with E-state index in [-0.39, 0.29) is 17.2 Å². The average molecular weight is 517 g/mol. The highest BCUT2D eigenvalue weighted by atomic mass is 28.4. The maximum atomic E-state index is 13.5. The van der Waals surface area contributed by atoms with Gasteiger partial charge in [0.05, 0.1) is 19.3 Å². The number of ether oxygens (including phenoxy) is 2. The molecule has 0 spiro atoms. The lowest BCUT2D eigenvalue weighted by molar-refractivity contribution is -0.140. The Morgan fingerprint density at radius 3 is 2.08 bits per heavy atom. The lowest BCUT2D eigenvalue weighted by Gasteiger charge is -2.36. The normalized spacial score (nSPS) is 17.4. The smallest absolute Gasteiger partial charge is 0.338 e. The molecule has 0 aliphatic heterocycles. The van der Waals surface area contributed by atoms with Gasteiger partial charge in [-0.1, -0.05) is 69.3 Å². The topological polar surface area (TPSA) is 65.0 Å². The molecule has 0 aromatic heterocycles. The molecular formula is C31H36O5Si. The molecule has 1 aliphatic carbocycles. The van der Waals surface area contributed by atoms with Gasteiger partial charge in [-0.2, -0.15) is 0 Å². The maximum absolute atomic E-state index is 13.5. The molecule has 0 saturated carbocycles. The van der Waals surface area contributed by atoms with Crippen molar-refractivity contribution in [3.63, 3.8) is 0 Å². The molecule has 0 bridgehead atoms. The van der Waals surface area contributed by atoms with Crippen molar-refractivity contribution in [2.45, 2.75) is 51.4 Å². The minimum Gasteiger partial charge on any atom is -0.544 e. The Balaban J connectivity index is 1.89. The zero-order chi connectivity index (χ0) is 27.0. The molecule has 0 heterocycles. The van der Waals surface area contributed by atoms with Gasteiger partial charge in [-0.15, -0.1) is 0 Å². The molecule has 0 saturated heterocycles. The van der Waals surface area contributed by atoms with Crippen molar-refractivity contribution in [2.24, 2.45) is 0 Å². The summed E-state index contributed by atoms with van der Waals surface area (Å²) in [5.74, 6) is 0.914. The van der Waals surface area contributed by atoms with Gasteiger partial charge in [0.2, 0.25) is 8.32 Å². The third-order valence-corrected chi connectivity index (χ3v) is 11.9. The van der Waals surface area contributed by atoms with Crippen molar-refractivity contribution in [3.05, 3.63) is 101 Å². The van der Waals surface area contributed by atoms with Crippen LogP contribution in [0.2, 0.25) is 18.1 Å². The molecule has 4 rings (SSSR count). The Hall–Kier alpha value is -3.35. The third kappa shape index (κ3) is 4.71. The van der Waals surface area contributed by atoms with Crippen LogP contribution in [0.4, 0.5) is 0 Å². The second-order valence-corrected chi connectivity index (χ2v) is 15.6. The molecular weight excluding hydrogens is 480 g/mol. The second-order valence-electron chi connectivity index (χ2n) is 10.8. The van der Waals surface area contributed by atoms with E-state index in [1.165, 1.54) is 0 Å². The summed E-state index contributed by atoms with van der Waals surface area (Å²) < 4.78 is 17.3. The molecule has 3 aromatic rings. The third-order valence-electron chi connectivity index (χ3n) is 7.51. The zero-order valence-corrected chi connectivity index (χ0v) is 23.7. The number of benzene rings is 3.